The van der Waals surface area contributed by atoms with Crippen molar-refractivity contribution in [3.63, 3.8) is 0 Å². The van der Waals surface area contributed by atoms with Crippen molar-refractivity contribution in [2.75, 3.05) is 35.5 Å². The fraction of sp³-hybridized carbons (Fsp3) is 0.344. The van der Waals surface area contributed by atoms with Crippen LogP contribution in [0.25, 0.3) is 17.2 Å². The summed E-state index contributed by atoms with van der Waals surface area (Å²) in [5, 5.41) is 12.7. The van der Waals surface area contributed by atoms with Crippen LogP contribution in [0, 0.1) is 22.0 Å². The van der Waals surface area contributed by atoms with Crippen LogP contribution >= 0.6 is 0 Å². The van der Waals surface area contributed by atoms with Gasteiger partial charge in [-0.05, 0) is 47.9 Å². The van der Waals surface area contributed by atoms with Gasteiger partial charge in [-0.1, -0.05) is 44.2 Å². The van der Waals surface area contributed by atoms with Crippen LogP contribution in [0.1, 0.15) is 30.5 Å². The number of benzene rings is 3. The second kappa shape index (κ2) is 12.8. The van der Waals surface area contributed by atoms with Gasteiger partial charge in [-0.15, -0.1) is 0 Å². The second-order valence-electron chi connectivity index (χ2n) is 10.1. The largest absolute Gasteiger partial charge is 0.493 e. The SMILES string of the molecule is COc1cc2c(c(OC)c1OC)-c1c(c([N+](=O)[O-])c(OC)c(OC)c1OC(=O)/C=C/c1ccccc1)CC(C)C(C)C2. The lowest BCUT2D eigenvalue weighted by Crippen LogP contribution is -2.20. The lowest BCUT2D eigenvalue weighted by Gasteiger charge is -2.30. The Kier molecular flexibility index (Phi) is 9.25. The quantitative estimate of drug-likeness (QED) is 0.0950. The molecule has 2 unspecified atom stereocenters. The first kappa shape index (κ1) is 30.2. The smallest absolute Gasteiger partial charge is 0.336 e. The number of carbonyl (C=O) groups is 1. The van der Waals surface area contributed by atoms with Crippen molar-refractivity contribution in [1.82, 2.24) is 0 Å². The zero-order valence-corrected chi connectivity index (χ0v) is 24.8. The van der Waals surface area contributed by atoms with Gasteiger partial charge in [-0.2, -0.15) is 0 Å². The van der Waals surface area contributed by atoms with Crippen LogP contribution in [0.2, 0.25) is 0 Å². The minimum atomic E-state index is -0.709. The van der Waals surface area contributed by atoms with E-state index in [1.165, 1.54) is 41.6 Å². The molecule has 1 aliphatic carbocycles. The van der Waals surface area contributed by atoms with Gasteiger partial charge in [0.25, 0.3) is 0 Å². The van der Waals surface area contributed by atoms with E-state index in [1.807, 2.05) is 43.3 Å². The Morgan fingerprint density at radius 1 is 0.810 bits per heavy atom. The number of methoxy groups -OCH3 is 5. The molecule has 3 aromatic rings. The number of nitro groups is 1. The fourth-order valence-corrected chi connectivity index (χ4v) is 5.42. The van der Waals surface area contributed by atoms with Crippen LogP contribution in [0.15, 0.2) is 42.5 Å². The highest BCUT2D eigenvalue weighted by Gasteiger charge is 2.40. The van der Waals surface area contributed by atoms with Crippen LogP contribution in [0.5, 0.6) is 34.5 Å². The molecule has 0 aliphatic heterocycles. The van der Waals surface area contributed by atoms with E-state index in [1.54, 1.807) is 6.08 Å². The van der Waals surface area contributed by atoms with Gasteiger partial charge in [0.2, 0.25) is 17.2 Å². The van der Waals surface area contributed by atoms with E-state index in [0.717, 1.165) is 11.1 Å². The zero-order chi connectivity index (χ0) is 30.6. The minimum Gasteiger partial charge on any atom is -0.493 e. The van der Waals surface area contributed by atoms with Crippen molar-refractivity contribution in [2.45, 2.75) is 26.7 Å². The van der Waals surface area contributed by atoms with Crippen molar-refractivity contribution in [2.24, 2.45) is 11.8 Å². The molecule has 10 heteroatoms. The monoisotopic (exact) mass is 577 g/mol. The Hall–Kier alpha value is -4.73. The highest BCUT2D eigenvalue weighted by atomic mass is 16.6. The number of hydrogen-bond donors (Lipinski definition) is 0. The normalized spacial score (nSPS) is 16.0. The van der Waals surface area contributed by atoms with Gasteiger partial charge in [0.15, 0.2) is 17.2 Å². The first-order valence-corrected chi connectivity index (χ1v) is 13.4. The number of hydrogen-bond acceptors (Lipinski definition) is 9. The molecule has 1 aliphatic rings. The van der Waals surface area contributed by atoms with Gasteiger partial charge in [0, 0.05) is 22.8 Å². The van der Waals surface area contributed by atoms with Crippen LogP contribution in [-0.4, -0.2) is 46.4 Å². The molecule has 0 amide bonds. The molecule has 42 heavy (non-hydrogen) atoms. The Bertz CT molecular complexity index is 1510. The summed E-state index contributed by atoms with van der Waals surface area (Å²) in [5.74, 6) is 0.186. The molecule has 2 atom stereocenters. The molecule has 0 bridgehead atoms. The van der Waals surface area contributed by atoms with Gasteiger partial charge in [-0.25, -0.2) is 4.79 Å². The summed E-state index contributed by atoms with van der Waals surface area (Å²) in [5.41, 5.74) is 2.43. The van der Waals surface area contributed by atoms with E-state index in [2.05, 4.69) is 6.92 Å². The molecule has 3 aromatic carbocycles. The maximum Gasteiger partial charge on any atom is 0.336 e. The molecule has 222 valence electrons. The van der Waals surface area contributed by atoms with E-state index in [4.69, 9.17) is 28.4 Å². The summed E-state index contributed by atoms with van der Waals surface area (Å²) in [7, 11) is 7.14. The molecule has 0 heterocycles. The Balaban J connectivity index is 2.13. The van der Waals surface area contributed by atoms with Crippen molar-refractivity contribution in [3.05, 3.63) is 69.3 Å². The van der Waals surface area contributed by atoms with Gasteiger partial charge in [-0.3, -0.25) is 10.1 Å². The average molecular weight is 578 g/mol. The number of carbonyl (C=O) groups excluding carboxylic acids is 1. The average Bonchev–Trinajstić information content (AvgIpc) is 2.98. The van der Waals surface area contributed by atoms with Crippen molar-refractivity contribution in [1.29, 1.82) is 0 Å². The highest BCUT2D eigenvalue weighted by molar-refractivity contribution is 5.96. The number of fused-ring (bicyclic) bond motifs is 3. The minimum absolute atomic E-state index is 0.00863. The van der Waals surface area contributed by atoms with Gasteiger partial charge >= 0.3 is 11.7 Å². The maximum absolute atomic E-state index is 13.3. The van der Waals surface area contributed by atoms with Crippen molar-refractivity contribution >= 4 is 17.7 Å². The van der Waals surface area contributed by atoms with Crippen LogP contribution in [0.4, 0.5) is 5.69 Å². The molecule has 0 saturated carbocycles. The summed E-state index contributed by atoms with van der Waals surface area (Å²) in [6, 6.07) is 11.1. The first-order chi connectivity index (χ1) is 20.2. The first-order valence-electron chi connectivity index (χ1n) is 13.4. The molecule has 4 rings (SSSR count). The topological polar surface area (TPSA) is 116 Å². The summed E-state index contributed by atoms with van der Waals surface area (Å²) in [4.78, 5) is 25.5. The molecular weight excluding hydrogens is 542 g/mol. The predicted molar refractivity (Wildman–Crippen MR) is 158 cm³/mol. The van der Waals surface area contributed by atoms with Gasteiger partial charge in [0.05, 0.1) is 40.5 Å². The Morgan fingerprint density at radius 2 is 1.43 bits per heavy atom. The fourth-order valence-electron chi connectivity index (χ4n) is 5.42. The molecule has 0 spiro atoms. The summed E-state index contributed by atoms with van der Waals surface area (Å²) in [6.45, 7) is 4.12. The molecule has 0 aromatic heterocycles. The third-order valence-electron chi connectivity index (χ3n) is 7.65. The Labute approximate surface area is 244 Å². The Morgan fingerprint density at radius 3 is 2.00 bits per heavy atom. The number of nitrogens with zero attached hydrogens (tertiary/aromatic N) is 1. The summed E-state index contributed by atoms with van der Waals surface area (Å²) in [6.07, 6.45) is 3.80. The zero-order valence-electron chi connectivity index (χ0n) is 24.8. The van der Waals surface area contributed by atoms with E-state index in [-0.39, 0.29) is 40.5 Å². The number of ether oxygens (including phenoxy) is 6. The number of esters is 1. The lowest BCUT2D eigenvalue weighted by molar-refractivity contribution is -0.386. The summed E-state index contributed by atoms with van der Waals surface area (Å²) >= 11 is 0. The van der Waals surface area contributed by atoms with Gasteiger partial charge < -0.3 is 28.4 Å². The molecule has 10 nitrogen and oxygen atoms in total. The van der Waals surface area contributed by atoms with E-state index in [9.17, 15) is 14.9 Å². The maximum atomic E-state index is 13.3. The van der Waals surface area contributed by atoms with E-state index >= 15 is 0 Å². The third kappa shape index (κ3) is 5.57. The molecule has 0 fully saturated rings. The van der Waals surface area contributed by atoms with E-state index in [0.29, 0.717) is 41.0 Å². The predicted octanol–water partition coefficient (Wildman–Crippen LogP) is 6.29. The third-order valence-corrected chi connectivity index (χ3v) is 7.65. The standard InChI is InChI=1S/C32H35NO9/c1-18-15-21-17-23(37-3)28(38-4)29(39-5)25(21)26-22(16-19(18)2)27(33(35)36)31(40-6)32(41-7)30(26)42-24(34)14-13-20-11-9-8-10-12-20/h8-14,17-19H,15-16H2,1-7H3/b14-13+. The molecular formula is C32H35NO9. The lowest BCUT2D eigenvalue weighted by atomic mass is 9.77. The van der Waals surface area contributed by atoms with E-state index < -0.39 is 10.9 Å². The second-order valence-corrected chi connectivity index (χ2v) is 10.1. The molecule has 0 N–H and O–H groups in total. The number of rotatable bonds is 9. The highest BCUT2D eigenvalue weighted by Crippen LogP contribution is 2.59. The van der Waals surface area contributed by atoms with Crippen LogP contribution in [-0.2, 0) is 17.6 Å². The van der Waals surface area contributed by atoms with Crippen LogP contribution < -0.4 is 28.4 Å². The van der Waals surface area contributed by atoms with Crippen molar-refractivity contribution < 1.29 is 38.1 Å². The summed E-state index contributed by atoms with van der Waals surface area (Å²) < 4.78 is 34.4. The molecule has 0 radical (unpaired) electrons. The van der Waals surface area contributed by atoms with Gasteiger partial charge in [0.1, 0.15) is 0 Å². The van der Waals surface area contributed by atoms with Crippen LogP contribution in [0.3, 0.4) is 0 Å². The van der Waals surface area contributed by atoms with Crippen molar-refractivity contribution in [3.8, 4) is 45.6 Å². The number of nitro benzene ring substituents is 1. The molecule has 0 saturated heterocycles.